The Labute approximate surface area is 176 Å². The van der Waals surface area contributed by atoms with Gasteiger partial charge in [0.25, 0.3) is 5.69 Å². The van der Waals surface area contributed by atoms with E-state index >= 15 is 0 Å². The fourth-order valence-corrected chi connectivity index (χ4v) is 3.29. The zero-order valence-corrected chi connectivity index (χ0v) is 18.7. The molecule has 0 fully saturated rings. The number of aromatic nitrogens is 1. The van der Waals surface area contributed by atoms with Gasteiger partial charge in [0, 0.05) is 45.7 Å². The average molecular weight is 437 g/mol. The summed E-state index contributed by atoms with van der Waals surface area (Å²) in [5.41, 5.74) is 0.209. The molecule has 164 valence electrons. The molecular formula is C20H28N2O7Si. The van der Waals surface area contributed by atoms with E-state index < -0.39 is 19.1 Å². The molecule has 1 aromatic carbocycles. The van der Waals surface area contributed by atoms with Crippen LogP contribution >= 0.6 is 0 Å². The Morgan fingerprint density at radius 3 is 2.57 bits per heavy atom. The lowest BCUT2D eigenvalue weighted by Crippen LogP contribution is -2.22. The number of aliphatic hydroxyl groups is 1. The maximum absolute atomic E-state index is 11.2. The smallest absolute Gasteiger partial charge is 0.270 e. The van der Waals surface area contributed by atoms with Crippen LogP contribution in [0.3, 0.4) is 0 Å². The van der Waals surface area contributed by atoms with Crippen molar-refractivity contribution >= 4 is 13.8 Å². The van der Waals surface area contributed by atoms with Gasteiger partial charge in [-0.05, 0) is 24.2 Å². The van der Waals surface area contributed by atoms with Crippen molar-refractivity contribution in [1.82, 2.24) is 4.98 Å². The van der Waals surface area contributed by atoms with E-state index in [4.69, 9.17) is 18.9 Å². The number of ether oxygens (including phenoxy) is 4. The van der Waals surface area contributed by atoms with Gasteiger partial charge in [0.1, 0.15) is 23.3 Å². The number of methoxy groups -OCH3 is 1. The number of nitrogens with zero attached hydrogens (tertiary/aromatic N) is 2. The van der Waals surface area contributed by atoms with Gasteiger partial charge in [-0.1, -0.05) is 19.6 Å². The first-order valence-electron chi connectivity index (χ1n) is 9.46. The zero-order valence-electron chi connectivity index (χ0n) is 17.7. The lowest BCUT2D eigenvalue weighted by atomic mass is 10.0. The minimum Gasteiger partial charge on any atom is -0.467 e. The van der Waals surface area contributed by atoms with Crippen molar-refractivity contribution in [2.24, 2.45) is 0 Å². The fraction of sp³-hybridized carbons (Fsp3) is 0.450. The summed E-state index contributed by atoms with van der Waals surface area (Å²) in [5, 5.41) is 22.1. The van der Waals surface area contributed by atoms with Crippen molar-refractivity contribution in [2.45, 2.75) is 31.8 Å². The average Bonchev–Trinajstić information content (AvgIpc) is 2.70. The van der Waals surface area contributed by atoms with Crippen LogP contribution in [0, 0.1) is 10.1 Å². The quantitative estimate of drug-likeness (QED) is 0.176. The van der Waals surface area contributed by atoms with Gasteiger partial charge in [0.2, 0.25) is 0 Å². The number of benzene rings is 1. The Bertz CT molecular complexity index is 842. The van der Waals surface area contributed by atoms with Crippen LogP contribution in [0.2, 0.25) is 25.7 Å². The van der Waals surface area contributed by atoms with E-state index in [1.54, 1.807) is 12.1 Å². The minimum absolute atomic E-state index is 0.0118. The molecule has 0 spiro atoms. The third-order valence-corrected chi connectivity index (χ3v) is 5.89. The van der Waals surface area contributed by atoms with E-state index in [1.807, 2.05) is 0 Å². The largest absolute Gasteiger partial charge is 0.467 e. The van der Waals surface area contributed by atoms with E-state index in [0.29, 0.717) is 12.4 Å². The van der Waals surface area contributed by atoms with Gasteiger partial charge in [-0.25, -0.2) is 0 Å². The van der Waals surface area contributed by atoms with Crippen LogP contribution in [0.4, 0.5) is 5.69 Å². The standard InChI is InChI=1S/C20H28N2O7Si/c1-26-13-28-17-8-7-15(22(24)25)12-16(17)20(23)19-18(6-5-9-21-19)29-14-27-10-11-30(2,3)4/h5-9,12,20,23H,10-11,13-14H2,1-4H3. The zero-order chi connectivity index (χ0) is 22.1. The number of pyridine rings is 1. The highest BCUT2D eigenvalue weighted by Crippen LogP contribution is 2.35. The number of hydrogen-bond donors (Lipinski definition) is 1. The first kappa shape index (κ1) is 23.7. The number of nitro groups is 1. The van der Waals surface area contributed by atoms with Crippen LogP contribution in [-0.4, -0.2) is 50.4 Å². The van der Waals surface area contributed by atoms with Gasteiger partial charge < -0.3 is 24.1 Å². The van der Waals surface area contributed by atoms with Gasteiger partial charge >= 0.3 is 0 Å². The number of non-ortho nitro benzene ring substituents is 1. The monoisotopic (exact) mass is 436 g/mol. The van der Waals surface area contributed by atoms with E-state index in [-0.39, 0.29) is 36.3 Å². The Balaban J connectivity index is 2.21. The number of rotatable bonds is 12. The molecule has 0 amide bonds. The van der Waals surface area contributed by atoms with Crippen LogP contribution in [0.25, 0.3) is 0 Å². The predicted molar refractivity (Wildman–Crippen MR) is 113 cm³/mol. The highest BCUT2D eigenvalue weighted by atomic mass is 28.3. The highest BCUT2D eigenvalue weighted by Gasteiger charge is 2.24. The maximum atomic E-state index is 11.2. The first-order valence-corrected chi connectivity index (χ1v) is 13.2. The molecular weight excluding hydrogens is 408 g/mol. The summed E-state index contributed by atoms with van der Waals surface area (Å²) in [6, 6.07) is 8.29. The SMILES string of the molecule is COCOc1ccc([N+](=O)[O-])cc1C(O)c1ncccc1OCOCC[Si](C)(C)C. The summed E-state index contributed by atoms with van der Waals surface area (Å²) in [4.78, 5) is 14.8. The first-order chi connectivity index (χ1) is 14.2. The second-order valence-electron chi connectivity index (χ2n) is 7.80. The van der Waals surface area contributed by atoms with Crippen molar-refractivity contribution in [3.63, 3.8) is 0 Å². The molecule has 0 saturated carbocycles. The fourth-order valence-electron chi connectivity index (χ4n) is 2.54. The summed E-state index contributed by atoms with van der Waals surface area (Å²) in [6.07, 6.45) is 0.194. The molecule has 2 aromatic rings. The Morgan fingerprint density at radius 1 is 1.17 bits per heavy atom. The molecule has 0 aliphatic carbocycles. The lowest BCUT2D eigenvalue weighted by molar-refractivity contribution is -0.385. The minimum atomic E-state index is -1.31. The Kier molecular flexibility index (Phi) is 8.72. The summed E-state index contributed by atoms with van der Waals surface area (Å²) in [7, 11) is 0.249. The summed E-state index contributed by atoms with van der Waals surface area (Å²) in [5.74, 6) is 0.570. The molecule has 1 unspecified atom stereocenters. The molecule has 1 atom stereocenters. The van der Waals surface area contributed by atoms with Gasteiger partial charge in [0.05, 0.1) is 4.92 Å². The molecule has 0 radical (unpaired) electrons. The van der Waals surface area contributed by atoms with E-state index in [0.717, 1.165) is 6.04 Å². The maximum Gasteiger partial charge on any atom is 0.270 e. The molecule has 1 N–H and O–H groups in total. The summed E-state index contributed by atoms with van der Waals surface area (Å²) in [6.45, 7) is 7.30. The number of hydrogen-bond acceptors (Lipinski definition) is 8. The van der Waals surface area contributed by atoms with Crippen molar-refractivity contribution in [1.29, 1.82) is 0 Å². The van der Waals surface area contributed by atoms with E-state index in [1.165, 1.54) is 31.5 Å². The molecule has 0 aliphatic rings. The molecule has 10 heteroatoms. The van der Waals surface area contributed by atoms with Crippen LogP contribution in [0.1, 0.15) is 17.4 Å². The second-order valence-corrected chi connectivity index (χ2v) is 13.4. The van der Waals surface area contributed by atoms with Crippen molar-refractivity contribution in [3.8, 4) is 11.5 Å². The van der Waals surface area contributed by atoms with Crippen LogP contribution in [0.15, 0.2) is 36.5 Å². The molecule has 1 heterocycles. The summed E-state index contributed by atoms with van der Waals surface area (Å²) >= 11 is 0. The third-order valence-electron chi connectivity index (χ3n) is 4.18. The summed E-state index contributed by atoms with van der Waals surface area (Å²) < 4.78 is 21.6. The van der Waals surface area contributed by atoms with Gasteiger partial charge in [0.15, 0.2) is 13.6 Å². The molecule has 1 aromatic heterocycles. The predicted octanol–water partition coefficient (Wildman–Crippen LogP) is 3.75. The van der Waals surface area contributed by atoms with Gasteiger partial charge in [-0.15, -0.1) is 0 Å². The number of nitro benzene ring substituents is 1. The van der Waals surface area contributed by atoms with Crippen molar-refractivity contribution < 1.29 is 29.0 Å². The molecule has 9 nitrogen and oxygen atoms in total. The van der Waals surface area contributed by atoms with Crippen molar-refractivity contribution in [3.05, 3.63) is 57.9 Å². The molecule has 30 heavy (non-hydrogen) atoms. The Hall–Kier alpha value is -2.53. The highest BCUT2D eigenvalue weighted by molar-refractivity contribution is 6.76. The Morgan fingerprint density at radius 2 is 1.90 bits per heavy atom. The normalized spacial score (nSPS) is 12.4. The number of aliphatic hydroxyl groups excluding tert-OH is 1. The third kappa shape index (κ3) is 7.06. The molecule has 0 bridgehead atoms. The van der Waals surface area contributed by atoms with E-state index in [9.17, 15) is 15.2 Å². The van der Waals surface area contributed by atoms with Gasteiger partial charge in [-0.3, -0.25) is 15.1 Å². The van der Waals surface area contributed by atoms with Crippen LogP contribution in [-0.2, 0) is 9.47 Å². The van der Waals surface area contributed by atoms with Gasteiger partial charge in [-0.2, -0.15) is 0 Å². The molecule has 2 rings (SSSR count). The van der Waals surface area contributed by atoms with Crippen LogP contribution in [0.5, 0.6) is 11.5 Å². The van der Waals surface area contributed by atoms with Crippen molar-refractivity contribution in [2.75, 3.05) is 27.3 Å². The van der Waals surface area contributed by atoms with E-state index in [2.05, 4.69) is 24.6 Å². The molecule has 0 saturated heterocycles. The van der Waals surface area contributed by atoms with Crippen LogP contribution < -0.4 is 9.47 Å². The topological polar surface area (TPSA) is 113 Å². The molecule has 0 aliphatic heterocycles. The lowest BCUT2D eigenvalue weighted by Gasteiger charge is -2.19. The second kappa shape index (κ2) is 11.0.